The zero-order chi connectivity index (χ0) is 18.8. The van der Waals surface area contributed by atoms with E-state index in [1.807, 2.05) is 48.5 Å². The number of ether oxygens (including phenoxy) is 1. The Bertz CT molecular complexity index is 1160. The van der Waals surface area contributed by atoms with Crippen LogP contribution in [0.1, 0.15) is 19.8 Å². The van der Waals surface area contributed by atoms with Crippen molar-refractivity contribution in [3.05, 3.63) is 58.9 Å². The third-order valence-corrected chi connectivity index (χ3v) is 5.56. The van der Waals surface area contributed by atoms with Crippen LogP contribution in [0, 0.1) is 0 Å². The molecule has 1 N–H and O–H groups in total. The second-order valence-electron chi connectivity index (χ2n) is 6.33. The van der Waals surface area contributed by atoms with Gasteiger partial charge in [-0.25, -0.2) is 4.98 Å². The quantitative estimate of drug-likeness (QED) is 0.298. The van der Waals surface area contributed by atoms with Gasteiger partial charge in [0.15, 0.2) is 5.16 Å². The first-order valence-electron chi connectivity index (χ1n) is 9.03. The van der Waals surface area contributed by atoms with Crippen LogP contribution in [-0.4, -0.2) is 27.4 Å². The lowest BCUT2D eigenvalue weighted by Gasteiger charge is -2.13. The molecule has 0 saturated heterocycles. The van der Waals surface area contributed by atoms with E-state index in [1.165, 1.54) is 0 Å². The van der Waals surface area contributed by atoms with Gasteiger partial charge in [-0.15, -0.1) is 0 Å². The van der Waals surface area contributed by atoms with E-state index in [0.29, 0.717) is 16.4 Å². The monoisotopic (exact) mass is 379 g/mol. The highest BCUT2D eigenvalue weighted by Crippen LogP contribution is 2.27. The van der Waals surface area contributed by atoms with Gasteiger partial charge in [0.2, 0.25) is 0 Å². The maximum Gasteiger partial charge on any atom is 0.283 e. The summed E-state index contributed by atoms with van der Waals surface area (Å²) in [5.41, 5.74) is 2.84. The molecule has 2 aromatic carbocycles. The first kappa shape index (κ1) is 17.7. The van der Waals surface area contributed by atoms with Crippen molar-refractivity contribution in [1.29, 1.82) is 0 Å². The number of hydrogen-bond donors (Lipinski definition) is 1. The van der Waals surface area contributed by atoms with Crippen LogP contribution in [0.2, 0.25) is 0 Å². The molecule has 0 amide bonds. The van der Waals surface area contributed by atoms with Gasteiger partial charge in [0.25, 0.3) is 5.56 Å². The molecular weight excluding hydrogens is 358 g/mol. The molecule has 0 radical (unpaired) electrons. The maximum absolute atomic E-state index is 13.4. The molecule has 0 atom stereocenters. The largest absolute Gasteiger partial charge is 0.497 e. The van der Waals surface area contributed by atoms with Crippen LogP contribution in [-0.2, 0) is 0 Å². The summed E-state index contributed by atoms with van der Waals surface area (Å²) in [5, 5.41) is 1.68. The molecule has 27 heavy (non-hydrogen) atoms. The molecule has 4 aromatic rings. The van der Waals surface area contributed by atoms with Crippen molar-refractivity contribution in [2.45, 2.75) is 24.9 Å². The van der Waals surface area contributed by atoms with Gasteiger partial charge in [0.05, 0.1) is 12.8 Å². The predicted molar refractivity (Wildman–Crippen MR) is 111 cm³/mol. The Labute approximate surface area is 161 Å². The molecule has 6 heteroatoms. The number of unbranched alkanes of at least 4 members (excludes halogenated alkanes) is 1. The van der Waals surface area contributed by atoms with Crippen molar-refractivity contribution in [2.75, 3.05) is 12.9 Å². The highest BCUT2D eigenvalue weighted by molar-refractivity contribution is 7.99. The second-order valence-corrected chi connectivity index (χ2v) is 7.39. The van der Waals surface area contributed by atoms with Crippen molar-refractivity contribution in [3.8, 4) is 11.4 Å². The summed E-state index contributed by atoms with van der Waals surface area (Å²) in [7, 11) is 1.62. The molecular formula is C21H21N3O2S. The van der Waals surface area contributed by atoms with E-state index < -0.39 is 0 Å². The molecule has 0 aliphatic heterocycles. The predicted octanol–water partition coefficient (Wildman–Crippen LogP) is 4.77. The van der Waals surface area contributed by atoms with E-state index in [2.05, 4.69) is 11.9 Å². The lowest BCUT2D eigenvalue weighted by molar-refractivity contribution is 0.414. The molecule has 138 valence electrons. The third kappa shape index (κ3) is 3.21. The van der Waals surface area contributed by atoms with Gasteiger partial charge in [-0.3, -0.25) is 9.36 Å². The van der Waals surface area contributed by atoms with Gasteiger partial charge in [0.1, 0.15) is 16.8 Å². The number of nitrogens with one attached hydrogen (secondary N) is 1. The summed E-state index contributed by atoms with van der Waals surface area (Å²) >= 11 is 1.62. The number of thioether (sulfide) groups is 1. The Balaban J connectivity index is 1.99. The number of aromatic nitrogens is 3. The maximum atomic E-state index is 13.4. The minimum Gasteiger partial charge on any atom is -0.497 e. The van der Waals surface area contributed by atoms with Gasteiger partial charge < -0.3 is 9.72 Å². The summed E-state index contributed by atoms with van der Waals surface area (Å²) in [6.45, 7) is 2.16. The number of nitrogens with zero attached hydrogens (tertiary/aromatic N) is 2. The standard InChI is InChI=1S/C21H21N3O2S/c1-3-4-12-27-21-23-18-16-10-5-6-11-17(16)22-19(18)20(25)24(21)14-8-7-9-15(13-14)26-2/h5-11,13,22H,3-4,12H2,1-2H3. The highest BCUT2D eigenvalue weighted by atomic mass is 32.2. The topological polar surface area (TPSA) is 59.9 Å². The van der Waals surface area contributed by atoms with Gasteiger partial charge in [-0.2, -0.15) is 0 Å². The molecule has 0 aliphatic rings. The fourth-order valence-corrected chi connectivity index (χ4v) is 4.21. The van der Waals surface area contributed by atoms with Crippen molar-refractivity contribution in [3.63, 3.8) is 0 Å². The first-order valence-corrected chi connectivity index (χ1v) is 10.0. The van der Waals surface area contributed by atoms with Crippen molar-refractivity contribution in [2.24, 2.45) is 0 Å². The average molecular weight is 379 g/mol. The molecule has 4 rings (SSSR count). The smallest absolute Gasteiger partial charge is 0.283 e. The number of benzene rings is 2. The Morgan fingerprint density at radius 3 is 2.85 bits per heavy atom. The van der Waals surface area contributed by atoms with Crippen molar-refractivity contribution in [1.82, 2.24) is 14.5 Å². The lowest BCUT2D eigenvalue weighted by Crippen LogP contribution is -2.22. The fourth-order valence-electron chi connectivity index (χ4n) is 3.12. The molecule has 2 heterocycles. The minimum atomic E-state index is -0.0940. The Morgan fingerprint density at radius 1 is 1.19 bits per heavy atom. The number of para-hydroxylation sites is 1. The molecule has 0 unspecified atom stereocenters. The zero-order valence-electron chi connectivity index (χ0n) is 15.4. The van der Waals surface area contributed by atoms with Crippen LogP contribution in [0.25, 0.3) is 27.6 Å². The molecule has 0 aliphatic carbocycles. The van der Waals surface area contributed by atoms with E-state index in [0.717, 1.165) is 40.7 Å². The van der Waals surface area contributed by atoms with Crippen LogP contribution < -0.4 is 10.3 Å². The lowest BCUT2D eigenvalue weighted by atomic mass is 10.2. The zero-order valence-corrected chi connectivity index (χ0v) is 16.2. The van der Waals surface area contributed by atoms with Crippen LogP contribution in [0.15, 0.2) is 58.5 Å². The summed E-state index contributed by atoms with van der Waals surface area (Å²) < 4.78 is 7.02. The van der Waals surface area contributed by atoms with Gasteiger partial charge in [-0.05, 0) is 24.6 Å². The van der Waals surface area contributed by atoms with E-state index >= 15 is 0 Å². The highest BCUT2D eigenvalue weighted by Gasteiger charge is 2.17. The van der Waals surface area contributed by atoms with Crippen molar-refractivity contribution >= 4 is 33.7 Å². The summed E-state index contributed by atoms with van der Waals surface area (Å²) in [5.74, 6) is 1.63. The minimum absolute atomic E-state index is 0.0940. The van der Waals surface area contributed by atoms with Crippen LogP contribution in [0.3, 0.4) is 0 Å². The molecule has 0 fully saturated rings. The normalized spacial score (nSPS) is 11.3. The van der Waals surface area contributed by atoms with E-state index in [9.17, 15) is 4.79 Å². The second kappa shape index (κ2) is 7.48. The Morgan fingerprint density at radius 2 is 2.04 bits per heavy atom. The summed E-state index contributed by atoms with van der Waals surface area (Å²) in [4.78, 5) is 21.5. The van der Waals surface area contributed by atoms with Crippen LogP contribution in [0.5, 0.6) is 5.75 Å². The molecule has 0 saturated carbocycles. The SMILES string of the molecule is CCCCSc1nc2c([nH]c3ccccc32)c(=O)n1-c1cccc(OC)c1. The van der Waals surface area contributed by atoms with Crippen molar-refractivity contribution < 1.29 is 4.74 Å². The Hall–Kier alpha value is -2.73. The van der Waals surface area contributed by atoms with Gasteiger partial charge >= 0.3 is 0 Å². The summed E-state index contributed by atoms with van der Waals surface area (Å²) in [6.07, 6.45) is 2.18. The molecule has 0 spiro atoms. The number of hydrogen-bond acceptors (Lipinski definition) is 4. The van der Waals surface area contributed by atoms with E-state index in [-0.39, 0.29) is 5.56 Å². The van der Waals surface area contributed by atoms with Gasteiger partial charge in [-0.1, -0.05) is 49.4 Å². The first-order chi connectivity index (χ1) is 13.2. The number of H-pyrrole nitrogens is 1. The van der Waals surface area contributed by atoms with E-state index in [1.54, 1.807) is 23.4 Å². The molecule has 2 aromatic heterocycles. The molecule has 5 nitrogen and oxygen atoms in total. The van der Waals surface area contributed by atoms with E-state index in [4.69, 9.17) is 9.72 Å². The number of fused-ring (bicyclic) bond motifs is 3. The van der Waals surface area contributed by atoms with Gasteiger partial charge in [0, 0.05) is 22.7 Å². The average Bonchev–Trinajstić information content (AvgIpc) is 3.07. The number of rotatable bonds is 6. The number of methoxy groups -OCH3 is 1. The van der Waals surface area contributed by atoms with Crippen LogP contribution in [0.4, 0.5) is 0 Å². The van der Waals surface area contributed by atoms with Crippen LogP contribution >= 0.6 is 11.8 Å². The Kier molecular flexibility index (Phi) is 4.90. The summed E-state index contributed by atoms with van der Waals surface area (Å²) in [6, 6.07) is 15.4. The third-order valence-electron chi connectivity index (χ3n) is 4.53. The number of aromatic amines is 1. The molecule has 0 bridgehead atoms. The fraction of sp³-hybridized carbons (Fsp3) is 0.238.